The van der Waals surface area contributed by atoms with Crippen molar-refractivity contribution in [1.29, 1.82) is 0 Å². The molecule has 0 spiro atoms. The summed E-state index contributed by atoms with van der Waals surface area (Å²) in [6.07, 6.45) is 16.5. The monoisotopic (exact) mass is 762 g/mol. The number of ether oxygens (including phenoxy) is 1. The lowest BCUT2D eigenvalue weighted by Gasteiger charge is -2.21. The molecule has 9 nitrogen and oxygen atoms in total. The van der Waals surface area contributed by atoms with Crippen molar-refractivity contribution in [2.24, 2.45) is 0 Å². The molecule has 2 fully saturated rings. The summed E-state index contributed by atoms with van der Waals surface area (Å²) in [7, 11) is 2.15. The summed E-state index contributed by atoms with van der Waals surface area (Å²) < 4.78 is 19.6. The number of benzene rings is 2. The molecule has 2 aromatic heterocycles. The Labute approximate surface area is 327 Å². The molecule has 294 valence electrons. The predicted molar refractivity (Wildman–Crippen MR) is 216 cm³/mol. The second-order valence-corrected chi connectivity index (χ2v) is 14.0. The molecule has 1 saturated carbocycles. The Morgan fingerprint density at radius 1 is 0.963 bits per heavy atom. The maximum absolute atomic E-state index is 12.8. The molecule has 0 unspecified atom stereocenters. The fourth-order valence-electron chi connectivity index (χ4n) is 6.41. The van der Waals surface area contributed by atoms with Crippen LogP contribution in [0.2, 0.25) is 5.02 Å². The molecule has 0 atom stereocenters. The van der Waals surface area contributed by atoms with Gasteiger partial charge in [0.15, 0.2) is 0 Å². The lowest BCUT2D eigenvalue weighted by molar-refractivity contribution is -0.134. The van der Waals surface area contributed by atoms with Crippen molar-refractivity contribution < 1.29 is 18.7 Å². The van der Waals surface area contributed by atoms with Crippen molar-refractivity contribution in [2.75, 3.05) is 39.8 Å². The number of nitrogens with one attached hydrogen (secondary N) is 1. The van der Waals surface area contributed by atoms with Crippen molar-refractivity contribution >= 4 is 24.5 Å². The summed E-state index contributed by atoms with van der Waals surface area (Å²) in [6, 6.07) is 16.6. The quantitative estimate of drug-likeness (QED) is 0.174. The van der Waals surface area contributed by atoms with Crippen molar-refractivity contribution in [3.05, 3.63) is 118 Å². The Balaban J connectivity index is 0.000000204. The molecular formula is C43H60ClFN6O3. The third-order valence-corrected chi connectivity index (χ3v) is 9.62. The summed E-state index contributed by atoms with van der Waals surface area (Å²) in [5, 5.41) is 4.10. The van der Waals surface area contributed by atoms with Gasteiger partial charge in [-0.05, 0) is 112 Å². The molecule has 1 amide bonds. The number of hydrogen-bond donors (Lipinski definition) is 1. The number of carbonyl (C=O) groups excluding carboxylic acids is 2. The van der Waals surface area contributed by atoms with Gasteiger partial charge >= 0.3 is 0 Å². The van der Waals surface area contributed by atoms with Crippen LogP contribution < -0.4 is 5.32 Å². The number of carbonyl (C=O) groups is 2. The first-order valence-electron chi connectivity index (χ1n) is 19.4. The molecule has 54 heavy (non-hydrogen) atoms. The van der Waals surface area contributed by atoms with E-state index in [1.54, 1.807) is 23.4 Å². The van der Waals surface area contributed by atoms with Crippen molar-refractivity contribution in [3.63, 3.8) is 0 Å². The van der Waals surface area contributed by atoms with E-state index < -0.39 is 0 Å². The van der Waals surface area contributed by atoms with Crippen LogP contribution in [-0.2, 0) is 46.7 Å². The zero-order chi connectivity index (χ0) is 39.0. The highest BCUT2D eigenvalue weighted by molar-refractivity contribution is 6.30. The van der Waals surface area contributed by atoms with Crippen molar-refractivity contribution in [3.8, 4) is 0 Å². The molecular weight excluding hydrogens is 703 g/mol. The van der Waals surface area contributed by atoms with E-state index in [4.69, 9.17) is 16.3 Å². The third-order valence-electron chi connectivity index (χ3n) is 9.39. The fraction of sp³-hybridized carbons (Fsp3) is 0.488. The van der Waals surface area contributed by atoms with E-state index in [1.807, 2.05) is 49.9 Å². The van der Waals surface area contributed by atoms with Gasteiger partial charge < -0.3 is 24.4 Å². The largest absolute Gasteiger partial charge is 0.465 e. The molecule has 2 aliphatic carbocycles. The second kappa shape index (κ2) is 25.8. The first-order chi connectivity index (χ1) is 26.3. The van der Waals surface area contributed by atoms with Crippen LogP contribution in [0.3, 0.4) is 0 Å². The number of hydrogen-bond acceptors (Lipinski definition) is 7. The number of aromatic nitrogens is 3. The first-order valence-corrected chi connectivity index (χ1v) is 19.8. The van der Waals surface area contributed by atoms with E-state index in [0.717, 1.165) is 80.8 Å². The lowest BCUT2D eigenvalue weighted by Crippen LogP contribution is -2.40. The van der Waals surface area contributed by atoms with E-state index in [9.17, 15) is 14.0 Å². The minimum atomic E-state index is -0.262. The molecule has 1 saturated heterocycles. The molecule has 4 aromatic rings. The average molecular weight is 763 g/mol. The highest BCUT2D eigenvalue weighted by Crippen LogP contribution is 2.25. The van der Waals surface area contributed by atoms with E-state index in [0.29, 0.717) is 19.6 Å². The SMILES string of the molecule is CC.CN1CCNCC1.Cc1cn(CCCN(C=O)Cc2ccc(F)cc2)cn1.Clc1ccc2c(c1)CCc1cccnc1C2.O=COC1CCCCC1. The van der Waals surface area contributed by atoms with E-state index in [2.05, 4.69) is 45.4 Å². The van der Waals surface area contributed by atoms with Gasteiger partial charge in [0, 0.05) is 75.3 Å². The minimum Gasteiger partial charge on any atom is -0.465 e. The molecule has 11 heteroatoms. The highest BCUT2D eigenvalue weighted by Gasteiger charge is 2.14. The summed E-state index contributed by atoms with van der Waals surface area (Å²) in [4.78, 5) is 33.6. The van der Waals surface area contributed by atoms with E-state index in [1.165, 1.54) is 66.9 Å². The maximum Gasteiger partial charge on any atom is 0.293 e. The summed E-state index contributed by atoms with van der Waals surface area (Å²) in [5.41, 5.74) is 7.23. The highest BCUT2D eigenvalue weighted by atomic mass is 35.5. The van der Waals surface area contributed by atoms with Gasteiger partial charge in [0.1, 0.15) is 11.9 Å². The number of halogens is 2. The second-order valence-electron chi connectivity index (χ2n) is 13.6. The van der Waals surface area contributed by atoms with Gasteiger partial charge in [-0.2, -0.15) is 0 Å². The number of rotatable bonds is 9. The maximum atomic E-state index is 12.8. The molecule has 0 bridgehead atoms. The molecule has 2 aromatic carbocycles. The van der Waals surface area contributed by atoms with Gasteiger partial charge in [-0.1, -0.05) is 56.1 Å². The Hall–Kier alpha value is -4.12. The first kappa shape index (κ1) is 44.3. The smallest absolute Gasteiger partial charge is 0.293 e. The molecule has 7 rings (SSSR count). The predicted octanol–water partition coefficient (Wildman–Crippen LogP) is 7.84. The van der Waals surface area contributed by atoms with Gasteiger partial charge in [0.05, 0.1) is 12.0 Å². The zero-order valence-corrected chi connectivity index (χ0v) is 33.4. The van der Waals surface area contributed by atoms with Crippen LogP contribution >= 0.6 is 11.6 Å². The molecule has 3 aliphatic rings. The van der Waals surface area contributed by atoms with Crippen LogP contribution in [0, 0.1) is 12.7 Å². The lowest BCUT2D eigenvalue weighted by atomic mass is 9.98. The molecule has 0 radical (unpaired) electrons. The van der Waals surface area contributed by atoms with Gasteiger partial charge in [-0.25, -0.2) is 9.37 Å². The van der Waals surface area contributed by atoms with E-state index >= 15 is 0 Å². The van der Waals surface area contributed by atoms with Crippen LogP contribution in [0.15, 0.2) is 73.3 Å². The molecule has 1 aliphatic heterocycles. The number of imidazole rings is 1. The number of likely N-dealkylation sites (N-methyl/N-ethyl adjacent to an activating group) is 1. The Morgan fingerprint density at radius 2 is 1.69 bits per heavy atom. The standard InChI is InChI=1S/C15H18FN3O.C14H12ClN.C7H12O2.C5H12N2.C2H6/c1-13-9-18(11-17-13)7-2-8-19(12-20)10-14-3-5-15(16)6-4-14;15-13-6-5-12-9-14-10(2-1-7-16-14)3-4-11(12)8-13;8-6-9-7-4-2-1-3-5-7;1-7-4-2-6-3-5-7;1-2/h3-6,9,11-12H,2,7-8,10H2,1H3;1-2,5-8H,3-4,9H2;6-7H,1-5H2;6H,2-5H2,1H3;1-2H3. The number of amides is 1. The Kier molecular flexibility index (Phi) is 21.2. The fourth-order valence-corrected chi connectivity index (χ4v) is 6.60. The van der Waals surface area contributed by atoms with Gasteiger partial charge in [-0.3, -0.25) is 14.6 Å². The summed E-state index contributed by atoms with van der Waals surface area (Å²) in [6.45, 7) is 13.3. The van der Waals surface area contributed by atoms with Gasteiger partial charge in [-0.15, -0.1) is 0 Å². The topological polar surface area (TPSA) is 92.6 Å². The number of fused-ring (bicyclic) bond motifs is 2. The summed E-state index contributed by atoms with van der Waals surface area (Å²) in [5.74, 6) is -0.262. The normalized spacial score (nSPS) is 14.9. The molecule has 1 N–H and O–H groups in total. The van der Waals surface area contributed by atoms with Crippen LogP contribution in [0.5, 0.6) is 0 Å². The third kappa shape index (κ3) is 16.9. The number of nitrogens with zero attached hydrogens (tertiary/aromatic N) is 5. The zero-order valence-electron chi connectivity index (χ0n) is 32.7. The van der Waals surface area contributed by atoms with Crippen molar-refractivity contribution in [2.45, 2.75) is 97.8 Å². The molecule has 3 heterocycles. The van der Waals surface area contributed by atoms with E-state index in [-0.39, 0.29) is 11.9 Å². The number of pyridine rings is 1. The van der Waals surface area contributed by atoms with Crippen LogP contribution in [0.1, 0.15) is 86.0 Å². The van der Waals surface area contributed by atoms with Crippen LogP contribution in [-0.4, -0.2) is 83.1 Å². The van der Waals surface area contributed by atoms with Gasteiger partial charge in [0.25, 0.3) is 6.47 Å². The minimum absolute atomic E-state index is 0.233. The number of piperazine rings is 1. The Morgan fingerprint density at radius 3 is 2.31 bits per heavy atom. The van der Waals surface area contributed by atoms with Gasteiger partial charge in [0.2, 0.25) is 6.41 Å². The summed E-state index contributed by atoms with van der Waals surface area (Å²) >= 11 is 6.03. The van der Waals surface area contributed by atoms with Crippen LogP contribution in [0.25, 0.3) is 0 Å². The van der Waals surface area contributed by atoms with Crippen molar-refractivity contribution in [1.82, 2.24) is 29.7 Å². The number of aryl methyl sites for hydroxylation is 4. The average Bonchev–Trinajstić information content (AvgIpc) is 3.53. The van der Waals surface area contributed by atoms with Crippen LogP contribution in [0.4, 0.5) is 4.39 Å². The Bertz CT molecular complexity index is 1620.